The molecule has 6 heteroatoms. The first-order valence-corrected chi connectivity index (χ1v) is 7.02. The summed E-state index contributed by atoms with van der Waals surface area (Å²) in [6.07, 6.45) is 0. The third-order valence-electron chi connectivity index (χ3n) is 2.85. The smallest absolute Gasteiger partial charge is 0.196 e. The maximum Gasteiger partial charge on any atom is 0.196 e. The minimum Gasteiger partial charge on any atom is -0.497 e. The molecule has 0 saturated heterocycles. The Labute approximate surface area is 137 Å². The monoisotopic (exact) mass is 344 g/mol. The molecule has 0 aromatic heterocycles. The van der Waals surface area contributed by atoms with Gasteiger partial charge in [0.1, 0.15) is 11.5 Å². The van der Waals surface area contributed by atoms with Gasteiger partial charge in [0.15, 0.2) is 5.78 Å². The van der Waals surface area contributed by atoms with E-state index in [0.29, 0.717) is 22.1 Å². The lowest BCUT2D eigenvalue weighted by atomic mass is 10.0. The molecule has 21 heavy (non-hydrogen) atoms. The van der Waals surface area contributed by atoms with E-state index in [2.05, 4.69) is 0 Å². The normalized spacial score (nSPS) is 10.3. The molecule has 0 unspecified atom stereocenters. The number of carbonyl (C=O) groups is 1. The summed E-state index contributed by atoms with van der Waals surface area (Å²) in [6.45, 7) is 0. The van der Waals surface area contributed by atoms with Crippen LogP contribution < -0.4 is 9.47 Å². The van der Waals surface area contributed by atoms with Gasteiger partial charge in [0.05, 0.1) is 29.8 Å². The summed E-state index contributed by atoms with van der Waals surface area (Å²) >= 11 is 18.0. The molecule has 0 radical (unpaired) electrons. The number of ether oxygens (including phenoxy) is 2. The van der Waals surface area contributed by atoms with E-state index in [4.69, 9.17) is 44.3 Å². The Balaban J connectivity index is 2.55. The van der Waals surface area contributed by atoms with Crippen molar-refractivity contribution >= 4 is 40.6 Å². The maximum atomic E-state index is 12.6. The maximum absolute atomic E-state index is 12.6. The Morgan fingerprint density at radius 3 is 1.76 bits per heavy atom. The van der Waals surface area contributed by atoms with E-state index in [0.717, 1.165) is 0 Å². The number of ketones is 1. The molecule has 0 atom stereocenters. The lowest BCUT2D eigenvalue weighted by Crippen LogP contribution is -2.04. The van der Waals surface area contributed by atoms with Crippen LogP contribution >= 0.6 is 34.8 Å². The minimum atomic E-state index is -0.334. The van der Waals surface area contributed by atoms with Gasteiger partial charge in [0.2, 0.25) is 0 Å². The first-order chi connectivity index (χ1) is 9.96. The molecule has 110 valence electrons. The van der Waals surface area contributed by atoms with Crippen molar-refractivity contribution in [2.45, 2.75) is 0 Å². The molecule has 2 aromatic carbocycles. The van der Waals surface area contributed by atoms with Crippen molar-refractivity contribution in [3.05, 3.63) is 56.5 Å². The van der Waals surface area contributed by atoms with Crippen LogP contribution in [0.1, 0.15) is 15.9 Å². The highest BCUT2D eigenvalue weighted by Gasteiger charge is 2.19. The van der Waals surface area contributed by atoms with Gasteiger partial charge < -0.3 is 9.47 Å². The van der Waals surface area contributed by atoms with E-state index in [1.54, 1.807) is 18.2 Å². The van der Waals surface area contributed by atoms with Crippen molar-refractivity contribution in [3.8, 4) is 11.5 Å². The Hall–Kier alpha value is -1.42. The summed E-state index contributed by atoms with van der Waals surface area (Å²) in [7, 11) is 3.01. The lowest BCUT2D eigenvalue weighted by Gasteiger charge is -2.10. The van der Waals surface area contributed by atoms with Crippen LogP contribution in [0.2, 0.25) is 15.1 Å². The number of carbonyl (C=O) groups excluding carboxylic acids is 1. The van der Waals surface area contributed by atoms with Crippen molar-refractivity contribution in [2.75, 3.05) is 14.2 Å². The second-order valence-electron chi connectivity index (χ2n) is 4.17. The molecule has 0 aliphatic heterocycles. The average molecular weight is 346 g/mol. The second kappa shape index (κ2) is 6.56. The number of methoxy groups -OCH3 is 2. The van der Waals surface area contributed by atoms with Gasteiger partial charge in [-0.3, -0.25) is 4.79 Å². The van der Waals surface area contributed by atoms with Crippen LogP contribution in [0.3, 0.4) is 0 Å². The van der Waals surface area contributed by atoms with Gasteiger partial charge in [-0.05, 0) is 24.3 Å². The van der Waals surface area contributed by atoms with Crippen molar-refractivity contribution in [3.63, 3.8) is 0 Å². The first kappa shape index (κ1) is 16.0. The number of hydrogen-bond acceptors (Lipinski definition) is 3. The van der Waals surface area contributed by atoms with Crippen LogP contribution in [0, 0.1) is 0 Å². The highest BCUT2D eigenvalue weighted by Crippen LogP contribution is 2.32. The molecule has 0 aliphatic carbocycles. The SMILES string of the molecule is COc1cc(OC)cc(C(=O)c2c(Cl)cc(Cl)cc2Cl)c1. The molecule has 3 nitrogen and oxygen atoms in total. The van der Waals surface area contributed by atoms with Crippen LogP contribution in [-0.4, -0.2) is 20.0 Å². The van der Waals surface area contributed by atoms with Gasteiger partial charge in [0.25, 0.3) is 0 Å². The molecule has 2 aromatic rings. The highest BCUT2D eigenvalue weighted by atomic mass is 35.5. The number of hydrogen-bond donors (Lipinski definition) is 0. The van der Waals surface area contributed by atoms with E-state index in [1.165, 1.54) is 26.4 Å². The van der Waals surface area contributed by atoms with Crippen LogP contribution in [0.15, 0.2) is 30.3 Å². The minimum absolute atomic E-state index is 0.193. The number of rotatable bonds is 4. The molecule has 0 heterocycles. The van der Waals surface area contributed by atoms with Gasteiger partial charge in [-0.25, -0.2) is 0 Å². The van der Waals surface area contributed by atoms with Crippen molar-refractivity contribution in [1.29, 1.82) is 0 Å². The predicted octanol–water partition coefficient (Wildman–Crippen LogP) is 4.90. The van der Waals surface area contributed by atoms with Crippen molar-refractivity contribution < 1.29 is 14.3 Å². The zero-order chi connectivity index (χ0) is 15.6. The average Bonchev–Trinajstić information content (AvgIpc) is 2.45. The molecular formula is C15H11Cl3O3. The Morgan fingerprint density at radius 2 is 1.33 bits per heavy atom. The molecule has 0 fully saturated rings. The third kappa shape index (κ3) is 3.43. The zero-order valence-corrected chi connectivity index (χ0v) is 13.5. The summed E-state index contributed by atoms with van der Waals surface area (Å²) in [6, 6.07) is 7.79. The highest BCUT2D eigenvalue weighted by molar-refractivity contribution is 6.43. The molecule has 0 bridgehead atoms. The Kier molecular flexibility index (Phi) is 4.99. The van der Waals surface area contributed by atoms with Crippen LogP contribution in [0.4, 0.5) is 0 Å². The molecular weight excluding hydrogens is 335 g/mol. The summed E-state index contributed by atoms with van der Waals surface area (Å²) in [5.41, 5.74) is 0.551. The quantitative estimate of drug-likeness (QED) is 0.740. The zero-order valence-electron chi connectivity index (χ0n) is 11.2. The molecule has 0 aliphatic rings. The molecule has 2 rings (SSSR count). The Morgan fingerprint density at radius 1 is 0.857 bits per heavy atom. The fraction of sp³-hybridized carbons (Fsp3) is 0.133. The molecule has 0 spiro atoms. The van der Waals surface area contributed by atoms with E-state index in [-0.39, 0.29) is 21.4 Å². The first-order valence-electron chi connectivity index (χ1n) is 5.88. The molecule has 0 saturated carbocycles. The van der Waals surface area contributed by atoms with E-state index >= 15 is 0 Å². The summed E-state index contributed by atoms with van der Waals surface area (Å²) in [5.74, 6) is 0.664. The second-order valence-corrected chi connectivity index (χ2v) is 5.43. The number of halogens is 3. The standard InChI is InChI=1S/C15H11Cl3O3/c1-20-10-3-8(4-11(7-10)21-2)15(19)14-12(17)5-9(16)6-13(14)18/h3-7H,1-2H3. The summed E-state index contributed by atoms with van der Waals surface area (Å²) in [5, 5.41) is 0.753. The van der Waals surface area contributed by atoms with E-state index < -0.39 is 0 Å². The van der Waals surface area contributed by atoms with Crippen LogP contribution in [0.5, 0.6) is 11.5 Å². The third-order valence-corrected chi connectivity index (χ3v) is 3.66. The van der Waals surface area contributed by atoms with Crippen molar-refractivity contribution in [1.82, 2.24) is 0 Å². The van der Waals surface area contributed by atoms with Gasteiger partial charge >= 0.3 is 0 Å². The Bertz CT molecular complexity index is 653. The molecule has 0 amide bonds. The number of benzene rings is 2. The summed E-state index contributed by atoms with van der Waals surface area (Å²) < 4.78 is 10.3. The fourth-order valence-corrected chi connectivity index (χ4v) is 2.83. The topological polar surface area (TPSA) is 35.5 Å². The lowest BCUT2D eigenvalue weighted by molar-refractivity contribution is 0.103. The van der Waals surface area contributed by atoms with E-state index in [1.807, 2.05) is 0 Å². The fourth-order valence-electron chi connectivity index (χ4n) is 1.84. The van der Waals surface area contributed by atoms with Crippen LogP contribution in [0.25, 0.3) is 0 Å². The van der Waals surface area contributed by atoms with Gasteiger partial charge in [-0.15, -0.1) is 0 Å². The predicted molar refractivity (Wildman–Crippen MR) is 84.5 cm³/mol. The van der Waals surface area contributed by atoms with Crippen LogP contribution in [-0.2, 0) is 0 Å². The summed E-state index contributed by atoms with van der Waals surface area (Å²) in [4.78, 5) is 12.6. The van der Waals surface area contributed by atoms with Gasteiger partial charge in [-0.2, -0.15) is 0 Å². The largest absolute Gasteiger partial charge is 0.497 e. The molecule has 0 N–H and O–H groups in total. The van der Waals surface area contributed by atoms with Gasteiger partial charge in [0, 0.05) is 16.7 Å². The van der Waals surface area contributed by atoms with Crippen molar-refractivity contribution in [2.24, 2.45) is 0 Å². The van der Waals surface area contributed by atoms with Gasteiger partial charge in [-0.1, -0.05) is 34.8 Å². The van der Waals surface area contributed by atoms with E-state index in [9.17, 15) is 4.79 Å².